The molecule has 1 fully saturated rings. The molecule has 1 unspecified atom stereocenters. The topological polar surface area (TPSA) is 29.1 Å². The first-order valence-electron chi connectivity index (χ1n) is 7.09. The molecule has 104 valence electrons. The van der Waals surface area contributed by atoms with E-state index in [1.54, 1.807) is 0 Å². The zero-order chi connectivity index (χ0) is 13.7. The average molecular weight is 324 g/mol. The Morgan fingerprint density at radius 3 is 2.58 bits per heavy atom. The van der Waals surface area contributed by atoms with Crippen LogP contribution in [0.1, 0.15) is 44.1 Å². The van der Waals surface area contributed by atoms with Crippen molar-refractivity contribution in [3.8, 4) is 0 Å². The maximum absolute atomic E-state index is 12.3. The Morgan fingerprint density at radius 2 is 2.05 bits per heavy atom. The van der Waals surface area contributed by atoms with Crippen LogP contribution >= 0.6 is 15.9 Å². The Morgan fingerprint density at radius 1 is 1.37 bits per heavy atom. The summed E-state index contributed by atoms with van der Waals surface area (Å²) < 4.78 is 0. The molecule has 1 aliphatic carbocycles. The van der Waals surface area contributed by atoms with E-state index < -0.39 is 0 Å². The predicted octanol–water partition coefficient (Wildman–Crippen LogP) is 3.86. The summed E-state index contributed by atoms with van der Waals surface area (Å²) in [5.41, 5.74) is 1.50. The summed E-state index contributed by atoms with van der Waals surface area (Å²) in [6.45, 7) is 2.91. The summed E-state index contributed by atoms with van der Waals surface area (Å²) in [5.74, 6) is 0.163. The molecule has 2 nitrogen and oxygen atoms in total. The van der Waals surface area contributed by atoms with E-state index in [2.05, 4.69) is 28.2 Å². The molecule has 1 aliphatic rings. The Hall–Kier alpha value is -0.830. The highest BCUT2D eigenvalue weighted by Gasteiger charge is 2.42. The summed E-state index contributed by atoms with van der Waals surface area (Å²) >= 11 is 3.50. The molecule has 3 heteroatoms. The molecule has 0 saturated heterocycles. The largest absolute Gasteiger partial charge is 0.355 e. The standard InChI is InChI=1S/C16H22BrNO/c1-2-14(13-6-4-3-5-7-13)15(19)18-12-16(8-9-16)10-11-17/h3-7,14H,2,8-12H2,1H3,(H,18,19). The first-order valence-corrected chi connectivity index (χ1v) is 8.21. The van der Waals surface area contributed by atoms with Crippen molar-refractivity contribution in [3.63, 3.8) is 0 Å². The van der Waals surface area contributed by atoms with Gasteiger partial charge in [-0.3, -0.25) is 4.79 Å². The summed E-state index contributed by atoms with van der Waals surface area (Å²) in [6.07, 6.45) is 4.51. The number of hydrogen-bond acceptors (Lipinski definition) is 1. The molecule has 1 amide bonds. The number of nitrogens with one attached hydrogen (secondary N) is 1. The maximum Gasteiger partial charge on any atom is 0.227 e. The molecule has 1 aromatic carbocycles. The fourth-order valence-corrected chi connectivity index (χ4v) is 3.39. The van der Waals surface area contributed by atoms with Crippen LogP contribution in [0.4, 0.5) is 0 Å². The van der Waals surface area contributed by atoms with Gasteiger partial charge < -0.3 is 5.32 Å². The highest BCUT2D eigenvalue weighted by molar-refractivity contribution is 9.09. The van der Waals surface area contributed by atoms with Crippen LogP contribution in [0.25, 0.3) is 0 Å². The molecule has 1 saturated carbocycles. The minimum absolute atomic E-state index is 0.0130. The molecule has 1 aromatic rings. The number of carbonyl (C=O) groups is 1. The Bertz CT molecular complexity index is 414. The van der Waals surface area contributed by atoms with E-state index in [0.717, 1.165) is 30.3 Å². The highest BCUT2D eigenvalue weighted by atomic mass is 79.9. The lowest BCUT2D eigenvalue weighted by Crippen LogP contribution is -2.34. The SMILES string of the molecule is CCC(C(=O)NCC1(CCBr)CC1)c1ccccc1. The molecule has 0 aromatic heterocycles. The van der Waals surface area contributed by atoms with Gasteiger partial charge in [0.25, 0.3) is 0 Å². The quantitative estimate of drug-likeness (QED) is 0.758. The summed E-state index contributed by atoms with van der Waals surface area (Å²) in [4.78, 5) is 12.3. The molecular formula is C16H22BrNO. The number of rotatable bonds is 7. The van der Waals surface area contributed by atoms with Gasteiger partial charge in [0.1, 0.15) is 0 Å². The van der Waals surface area contributed by atoms with E-state index in [1.165, 1.54) is 12.8 Å². The number of benzene rings is 1. The molecule has 0 heterocycles. The second-order valence-corrected chi connectivity index (χ2v) is 6.32. The van der Waals surface area contributed by atoms with Crippen molar-refractivity contribution in [3.05, 3.63) is 35.9 Å². The van der Waals surface area contributed by atoms with Crippen molar-refractivity contribution in [1.82, 2.24) is 5.32 Å². The Labute approximate surface area is 124 Å². The van der Waals surface area contributed by atoms with Gasteiger partial charge >= 0.3 is 0 Å². The second kappa shape index (κ2) is 6.56. The van der Waals surface area contributed by atoms with Gasteiger partial charge in [0.15, 0.2) is 0 Å². The van der Waals surface area contributed by atoms with E-state index in [1.807, 2.05) is 30.3 Å². The lowest BCUT2D eigenvalue weighted by atomic mass is 9.95. The van der Waals surface area contributed by atoms with Crippen LogP contribution < -0.4 is 5.32 Å². The van der Waals surface area contributed by atoms with E-state index in [0.29, 0.717) is 5.41 Å². The molecule has 1 atom stereocenters. The van der Waals surface area contributed by atoms with Gasteiger partial charge in [-0.05, 0) is 36.7 Å². The molecule has 0 aliphatic heterocycles. The van der Waals surface area contributed by atoms with Gasteiger partial charge in [-0.25, -0.2) is 0 Å². The van der Waals surface area contributed by atoms with Crippen molar-refractivity contribution >= 4 is 21.8 Å². The van der Waals surface area contributed by atoms with Crippen molar-refractivity contribution in [1.29, 1.82) is 0 Å². The third kappa shape index (κ3) is 3.82. The van der Waals surface area contributed by atoms with Crippen LogP contribution in [0, 0.1) is 5.41 Å². The number of amides is 1. The van der Waals surface area contributed by atoms with Crippen LogP contribution in [-0.4, -0.2) is 17.8 Å². The second-order valence-electron chi connectivity index (χ2n) is 5.53. The smallest absolute Gasteiger partial charge is 0.227 e. The minimum atomic E-state index is -0.0130. The van der Waals surface area contributed by atoms with E-state index in [4.69, 9.17) is 0 Å². The van der Waals surface area contributed by atoms with Gasteiger partial charge in [0.2, 0.25) is 5.91 Å². The molecule has 0 bridgehead atoms. The number of hydrogen-bond donors (Lipinski definition) is 1. The predicted molar refractivity (Wildman–Crippen MR) is 82.6 cm³/mol. The molecule has 0 radical (unpaired) electrons. The Kier molecular flexibility index (Phi) is 5.03. The average Bonchev–Trinajstić information content (AvgIpc) is 3.19. The molecule has 19 heavy (non-hydrogen) atoms. The van der Waals surface area contributed by atoms with Crippen LogP contribution in [0.3, 0.4) is 0 Å². The van der Waals surface area contributed by atoms with Gasteiger partial charge in [0.05, 0.1) is 5.92 Å². The number of halogens is 1. The first kappa shape index (κ1) is 14.6. The molecule has 2 rings (SSSR count). The third-order valence-electron chi connectivity index (χ3n) is 4.15. The van der Waals surface area contributed by atoms with Gasteiger partial charge in [-0.1, -0.05) is 53.2 Å². The summed E-state index contributed by atoms with van der Waals surface area (Å²) in [5, 5.41) is 4.19. The molecular weight excluding hydrogens is 302 g/mol. The fourth-order valence-electron chi connectivity index (χ4n) is 2.55. The normalized spacial score (nSPS) is 17.8. The first-order chi connectivity index (χ1) is 9.21. The Balaban J connectivity index is 1.91. The minimum Gasteiger partial charge on any atom is -0.355 e. The van der Waals surface area contributed by atoms with Crippen LogP contribution in [0.15, 0.2) is 30.3 Å². The monoisotopic (exact) mass is 323 g/mol. The lowest BCUT2D eigenvalue weighted by Gasteiger charge is -2.19. The molecule has 0 spiro atoms. The number of carbonyl (C=O) groups excluding carboxylic acids is 1. The van der Waals surface area contributed by atoms with Crippen LogP contribution in [0.5, 0.6) is 0 Å². The maximum atomic E-state index is 12.3. The van der Waals surface area contributed by atoms with Gasteiger partial charge in [-0.2, -0.15) is 0 Å². The van der Waals surface area contributed by atoms with Gasteiger partial charge in [-0.15, -0.1) is 0 Å². The third-order valence-corrected chi connectivity index (χ3v) is 4.54. The molecule has 1 N–H and O–H groups in total. The van der Waals surface area contributed by atoms with Crippen LogP contribution in [0.2, 0.25) is 0 Å². The van der Waals surface area contributed by atoms with Gasteiger partial charge in [0, 0.05) is 11.9 Å². The van der Waals surface area contributed by atoms with Crippen molar-refractivity contribution < 1.29 is 4.79 Å². The van der Waals surface area contributed by atoms with E-state index >= 15 is 0 Å². The summed E-state index contributed by atoms with van der Waals surface area (Å²) in [7, 11) is 0. The van der Waals surface area contributed by atoms with Crippen molar-refractivity contribution in [2.45, 2.75) is 38.5 Å². The lowest BCUT2D eigenvalue weighted by molar-refractivity contribution is -0.122. The highest BCUT2D eigenvalue weighted by Crippen LogP contribution is 2.48. The zero-order valence-corrected chi connectivity index (χ0v) is 13.1. The van der Waals surface area contributed by atoms with Crippen LogP contribution in [-0.2, 0) is 4.79 Å². The van der Waals surface area contributed by atoms with Crippen molar-refractivity contribution in [2.75, 3.05) is 11.9 Å². The zero-order valence-electron chi connectivity index (χ0n) is 11.5. The van der Waals surface area contributed by atoms with E-state index in [-0.39, 0.29) is 11.8 Å². The fraction of sp³-hybridized carbons (Fsp3) is 0.562. The van der Waals surface area contributed by atoms with Crippen molar-refractivity contribution in [2.24, 2.45) is 5.41 Å². The number of alkyl halides is 1. The summed E-state index contributed by atoms with van der Waals surface area (Å²) in [6, 6.07) is 10.1. The van der Waals surface area contributed by atoms with E-state index in [9.17, 15) is 4.79 Å².